The lowest BCUT2D eigenvalue weighted by atomic mass is 9.96. The van der Waals surface area contributed by atoms with Crippen LogP contribution in [0.5, 0.6) is 0 Å². The van der Waals surface area contributed by atoms with Crippen molar-refractivity contribution in [1.82, 2.24) is 0 Å². The van der Waals surface area contributed by atoms with Crippen LogP contribution < -0.4 is 0 Å². The van der Waals surface area contributed by atoms with Crippen molar-refractivity contribution in [1.29, 1.82) is 0 Å². The molecule has 0 saturated carbocycles. The second-order valence-corrected chi connectivity index (χ2v) is 8.05. The largest absolute Gasteiger partial charge is 0.766 e. The van der Waals surface area contributed by atoms with Crippen LogP contribution in [-0.4, -0.2) is 8.76 Å². The summed E-state index contributed by atoms with van der Waals surface area (Å²) in [6.07, 6.45) is 0.686. The maximum atomic E-state index is 11.6. The van der Waals surface area contributed by atoms with Crippen molar-refractivity contribution in [3.8, 4) is 0 Å². The second kappa shape index (κ2) is 5.80. The molecule has 0 aliphatic rings. The molecule has 22 heavy (non-hydrogen) atoms. The van der Waals surface area contributed by atoms with E-state index < -0.39 is 8.77 Å². The summed E-state index contributed by atoms with van der Waals surface area (Å²) in [5.74, 6) is 0. The van der Waals surface area contributed by atoms with E-state index in [1.165, 1.54) is 16.3 Å². The summed E-state index contributed by atoms with van der Waals surface area (Å²) >= 11 is 4.57. The van der Waals surface area contributed by atoms with Gasteiger partial charge < -0.3 is 4.55 Å². The molecule has 4 heteroatoms. The molecule has 3 rings (SSSR count). The predicted octanol–water partition coefficient (Wildman–Crippen LogP) is 3.97. The van der Waals surface area contributed by atoms with Gasteiger partial charge in [0.1, 0.15) is 0 Å². The third kappa shape index (κ3) is 3.04. The normalized spacial score (nSPS) is 13.9. The summed E-state index contributed by atoms with van der Waals surface area (Å²) in [5, 5.41) is 2.38. The molecule has 0 saturated heterocycles. The fourth-order valence-corrected chi connectivity index (χ4v) is 3.48. The van der Waals surface area contributed by atoms with E-state index in [4.69, 9.17) is 0 Å². The molecule has 0 aliphatic carbocycles. The van der Waals surface area contributed by atoms with E-state index in [1.54, 1.807) is 12.1 Å². The molecule has 0 aromatic heterocycles. The quantitative estimate of drug-likeness (QED) is 0.730. The predicted molar refractivity (Wildman–Crippen MR) is 92.5 cm³/mol. The van der Waals surface area contributed by atoms with Crippen LogP contribution in [-0.2, 0) is 26.4 Å². The minimum Gasteiger partial charge on any atom is -0.766 e. The lowest BCUT2D eigenvalue weighted by molar-refractivity contribution is 0.534. The standard InChI is InChI=1S/C18H16O2S2/c1-13-9-10-17(22(19,20)21)12-16(13)11-15-7-4-6-14-5-2-3-8-18(14)15/h2-10,12H,11H2,1H3,(H,19,20,21)/p-1. The van der Waals surface area contributed by atoms with E-state index in [2.05, 4.69) is 35.5 Å². The number of benzene rings is 3. The van der Waals surface area contributed by atoms with Crippen LogP contribution in [0.15, 0.2) is 65.6 Å². The van der Waals surface area contributed by atoms with Crippen molar-refractivity contribution in [2.75, 3.05) is 0 Å². The van der Waals surface area contributed by atoms with Crippen LogP contribution in [0.3, 0.4) is 0 Å². The van der Waals surface area contributed by atoms with Crippen molar-refractivity contribution in [3.05, 3.63) is 77.4 Å². The number of hydrogen-bond acceptors (Lipinski definition) is 3. The molecular formula is C18H15O2S2-. The second-order valence-electron chi connectivity index (χ2n) is 5.36. The lowest BCUT2D eigenvalue weighted by Gasteiger charge is -2.15. The first-order valence-corrected chi connectivity index (χ1v) is 9.38. The third-order valence-electron chi connectivity index (χ3n) is 3.87. The monoisotopic (exact) mass is 327 g/mol. The van der Waals surface area contributed by atoms with E-state index in [0.717, 1.165) is 11.1 Å². The highest BCUT2D eigenvalue weighted by Crippen LogP contribution is 2.24. The molecule has 0 fully saturated rings. The van der Waals surface area contributed by atoms with Gasteiger partial charge in [-0.05, 0) is 72.9 Å². The molecule has 1 atom stereocenters. The van der Waals surface area contributed by atoms with Crippen molar-refractivity contribution in [2.45, 2.75) is 18.2 Å². The molecule has 2 nitrogen and oxygen atoms in total. The highest BCUT2D eigenvalue weighted by molar-refractivity contribution is 8.29. The maximum absolute atomic E-state index is 11.6. The van der Waals surface area contributed by atoms with Crippen LogP contribution in [0.25, 0.3) is 10.8 Å². The highest BCUT2D eigenvalue weighted by Gasteiger charge is 2.07. The molecule has 0 aliphatic heterocycles. The Bertz CT molecular complexity index is 939. The Labute approximate surface area is 135 Å². The summed E-state index contributed by atoms with van der Waals surface area (Å²) in [6.45, 7) is 1.99. The van der Waals surface area contributed by atoms with Gasteiger partial charge in [0, 0.05) is 4.90 Å². The van der Waals surface area contributed by atoms with Crippen LogP contribution in [0.1, 0.15) is 16.7 Å². The molecule has 112 valence electrons. The maximum Gasteiger partial charge on any atom is 0.0284 e. The molecule has 0 bridgehead atoms. The average Bonchev–Trinajstić information content (AvgIpc) is 2.49. The smallest absolute Gasteiger partial charge is 0.0284 e. The Kier molecular flexibility index (Phi) is 4.00. The fraction of sp³-hybridized carbons (Fsp3) is 0.111. The van der Waals surface area contributed by atoms with Crippen LogP contribution in [0.2, 0.25) is 0 Å². The van der Waals surface area contributed by atoms with Gasteiger partial charge in [0.2, 0.25) is 0 Å². The van der Waals surface area contributed by atoms with Gasteiger partial charge in [-0.25, -0.2) is 0 Å². The first-order valence-electron chi connectivity index (χ1n) is 6.97. The van der Waals surface area contributed by atoms with Gasteiger partial charge in [0.15, 0.2) is 0 Å². The third-order valence-corrected chi connectivity index (χ3v) is 5.28. The number of fused-ring (bicyclic) bond motifs is 1. The molecular weight excluding hydrogens is 312 g/mol. The van der Waals surface area contributed by atoms with Gasteiger partial charge >= 0.3 is 0 Å². The lowest BCUT2D eigenvalue weighted by Crippen LogP contribution is -2.00. The molecule has 0 N–H and O–H groups in total. The van der Waals surface area contributed by atoms with E-state index in [0.29, 0.717) is 6.42 Å². The number of hydrogen-bond donors (Lipinski definition) is 0. The topological polar surface area (TPSA) is 40.1 Å². The van der Waals surface area contributed by atoms with E-state index in [-0.39, 0.29) is 4.90 Å². The molecule has 3 aromatic rings. The van der Waals surface area contributed by atoms with Gasteiger partial charge in [-0.1, -0.05) is 48.5 Å². The summed E-state index contributed by atoms with van der Waals surface area (Å²) < 4.78 is 23.2. The summed E-state index contributed by atoms with van der Waals surface area (Å²) in [5.41, 5.74) is 3.23. The molecule has 0 spiro atoms. The molecule has 1 unspecified atom stereocenters. The summed E-state index contributed by atoms with van der Waals surface area (Å²) in [6, 6.07) is 19.5. The Morgan fingerprint density at radius 2 is 1.73 bits per heavy atom. The van der Waals surface area contributed by atoms with Crippen molar-refractivity contribution >= 4 is 30.7 Å². The van der Waals surface area contributed by atoms with Crippen LogP contribution >= 0.6 is 0 Å². The Balaban J connectivity index is 2.09. The van der Waals surface area contributed by atoms with Gasteiger partial charge in [-0.3, -0.25) is 4.21 Å². The molecule has 0 amide bonds. The first-order chi connectivity index (χ1) is 10.4. The molecule has 3 aromatic carbocycles. The van der Waals surface area contributed by atoms with E-state index in [1.807, 2.05) is 31.2 Å². The van der Waals surface area contributed by atoms with Gasteiger partial charge in [0.05, 0.1) is 0 Å². The minimum atomic E-state index is -3.59. The number of aryl methyl sites for hydroxylation is 1. The summed E-state index contributed by atoms with van der Waals surface area (Å²) in [7, 11) is -3.59. The van der Waals surface area contributed by atoms with E-state index in [9.17, 15) is 8.76 Å². The number of rotatable bonds is 3. The van der Waals surface area contributed by atoms with Gasteiger partial charge in [0.25, 0.3) is 0 Å². The zero-order valence-corrected chi connectivity index (χ0v) is 13.7. The van der Waals surface area contributed by atoms with E-state index >= 15 is 0 Å². The van der Waals surface area contributed by atoms with Crippen LogP contribution in [0.4, 0.5) is 0 Å². The van der Waals surface area contributed by atoms with Crippen molar-refractivity contribution in [3.63, 3.8) is 0 Å². The Morgan fingerprint density at radius 3 is 2.50 bits per heavy atom. The van der Waals surface area contributed by atoms with Gasteiger partial charge in [-0.15, -0.1) is 0 Å². The molecule has 0 radical (unpaired) electrons. The zero-order chi connectivity index (χ0) is 15.7. The Hall–Kier alpha value is -1.75. The Morgan fingerprint density at radius 1 is 1.00 bits per heavy atom. The average molecular weight is 327 g/mol. The highest BCUT2D eigenvalue weighted by atomic mass is 32.8. The van der Waals surface area contributed by atoms with Gasteiger partial charge in [-0.2, -0.15) is 0 Å². The zero-order valence-electron chi connectivity index (χ0n) is 12.1. The van der Waals surface area contributed by atoms with Crippen molar-refractivity contribution in [2.24, 2.45) is 0 Å². The minimum absolute atomic E-state index is 0.198. The molecule has 0 heterocycles. The SMILES string of the molecule is Cc1ccc(S(=O)([O-])=S)cc1Cc1cccc2ccccc12. The first kappa shape index (κ1) is 15.2. The van der Waals surface area contributed by atoms with Crippen LogP contribution in [0, 0.1) is 6.92 Å². The van der Waals surface area contributed by atoms with Crippen molar-refractivity contribution < 1.29 is 8.76 Å². The fourth-order valence-electron chi connectivity index (χ4n) is 2.65. The summed E-state index contributed by atoms with van der Waals surface area (Å²) in [4.78, 5) is 0.198.